The quantitative estimate of drug-likeness (QED) is 0.197. The maximum absolute atomic E-state index is 6.62. The highest BCUT2D eigenvalue weighted by Crippen LogP contribution is 2.51. The highest BCUT2D eigenvalue weighted by atomic mass is 16.3. The predicted octanol–water partition coefficient (Wildman–Crippen LogP) is 10.6. The van der Waals surface area contributed by atoms with Gasteiger partial charge in [-0.1, -0.05) is 80.6 Å². The molecule has 11 rings (SSSR count). The lowest BCUT2D eigenvalue weighted by Gasteiger charge is -2.21. The van der Waals surface area contributed by atoms with E-state index >= 15 is 0 Å². The highest BCUT2D eigenvalue weighted by Gasteiger charge is 2.36. The van der Waals surface area contributed by atoms with E-state index in [1.165, 1.54) is 44.1 Å². The molecule has 0 aliphatic heterocycles. The van der Waals surface area contributed by atoms with E-state index in [1.54, 1.807) is 0 Å². The van der Waals surface area contributed by atoms with Crippen LogP contribution in [0.5, 0.6) is 0 Å². The lowest BCUT2D eigenvalue weighted by molar-refractivity contribution is 0.645. The van der Waals surface area contributed by atoms with Gasteiger partial charge < -0.3 is 8.98 Å². The van der Waals surface area contributed by atoms with Gasteiger partial charge in [0.25, 0.3) is 0 Å². The molecule has 222 valence electrons. The number of hydrogen-bond acceptors (Lipinski definition) is 2. The Bertz CT molecular complexity index is 2840. The van der Waals surface area contributed by atoms with Crippen LogP contribution in [0.2, 0.25) is 0 Å². The van der Waals surface area contributed by atoms with Crippen LogP contribution in [-0.2, 0) is 5.41 Å². The molecular formula is C42H28N4O. The Morgan fingerprint density at radius 3 is 2.23 bits per heavy atom. The Kier molecular flexibility index (Phi) is 4.60. The van der Waals surface area contributed by atoms with E-state index < -0.39 is 0 Å². The number of fused-ring (bicyclic) bond motifs is 13. The summed E-state index contributed by atoms with van der Waals surface area (Å²) < 4.78 is 13.5. The van der Waals surface area contributed by atoms with Crippen LogP contribution in [0, 0.1) is 0 Å². The van der Waals surface area contributed by atoms with Gasteiger partial charge in [-0.25, -0.2) is 9.55 Å². The van der Waals surface area contributed by atoms with Crippen molar-refractivity contribution in [3.8, 4) is 22.5 Å². The summed E-state index contributed by atoms with van der Waals surface area (Å²) in [4.78, 5) is 5.15. The van der Waals surface area contributed by atoms with E-state index in [1.807, 2.05) is 18.2 Å². The number of para-hydroxylation sites is 4. The van der Waals surface area contributed by atoms with Crippen molar-refractivity contribution in [1.29, 1.82) is 0 Å². The van der Waals surface area contributed by atoms with E-state index in [9.17, 15) is 0 Å². The summed E-state index contributed by atoms with van der Waals surface area (Å²) in [5.41, 5.74) is 14.6. The van der Waals surface area contributed by atoms with E-state index in [0.717, 1.165) is 50.4 Å². The molecule has 10 aromatic rings. The van der Waals surface area contributed by atoms with Crippen LogP contribution in [0.4, 0.5) is 0 Å². The molecule has 0 saturated heterocycles. The fourth-order valence-electron chi connectivity index (χ4n) is 8.29. The Morgan fingerprint density at radius 2 is 1.32 bits per heavy atom. The van der Waals surface area contributed by atoms with Gasteiger partial charge in [0.2, 0.25) is 11.5 Å². The smallest absolute Gasteiger partial charge is 0.232 e. The molecule has 0 amide bonds. The monoisotopic (exact) mass is 604 g/mol. The van der Waals surface area contributed by atoms with Crippen LogP contribution < -0.4 is 0 Å². The molecule has 0 unspecified atom stereocenters. The number of aromatic nitrogens is 4. The van der Waals surface area contributed by atoms with Crippen LogP contribution >= 0.6 is 0 Å². The molecule has 4 heterocycles. The molecule has 0 radical (unpaired) electrons. The van der Waals surface area contributed by atoms with Gasteiger partial charge in [0.1, 0.15) is 11.1 Å². The van der Waals surface area contributed by atoms with E-state index in [0.29, 0.717) is 0 Å². The fraction of sp³-hybridized carbons (Fsp3) is 0.0714. The third kappa shape index (κ3) is 3.11. The summed E-state index contributed by atoms with van der Waals surface area (Å²) in [6, 6.07) is 47.8. The van der Waals surface area contributed by atoms with Crippen LogP contribution in [0.25, 0.3) is 83.3 Å². The van der Waals surface area contributed by atoms with Gasteiger partial charge >= 0.3 is 0 Å². The Labute approximate surface area is 269 Å². The predicted molar refractivity (Wildman–Crippen MR) is 191 cm³/mol. The standard InChI is InChI=1S/C42H28N4O/c1-42(2)32-16-8-6-14-27(32)29-23-31-30-22-26(20-21-35(30)44(37(31)24-33(29)42)25-12-4-3-5-13-25)45-40-39(28-15-7-11-19-38(28)47-40)46-36-18-10-9-17-34(36)43-41(45)46/h3-24H,1-2H3. The van der Waals surface area contributed by atoms with Gasteiger partial charge in [0.05, 0.1) is 27.8 Å². The van der Waals surface area contributed by atoms with Crippen molar-refractivity contribution in [1.82, 2.24) is 18.5 Å². The second-order valence-electron chi connectivity index (χ2n) is 13.3. The molecule has 0 N–H and O–H groups in total. The van der Waals surface area contributed by atoms with Crippen molar-refractivity contribution in [3.63, 3.8) is 0 Å². The zero-order valence-electron chi connectivity index (χ0n) is 25.9. The minimum absolute atomic E-state index is 0.0877. The minimum atomic E-state index is -0.0877. The van der Waals surface area contributed by atoms with E-state index in [2.05, 4.69) is 143 Å². The largest absolute Gasteiger partial charge is 0.437 e. The zero-order chi connectivity index (χ0) is 31.0. The summed E-state index contributed by atoms with van der Waals surface area (Å²) in [5, 5.41) is 3.50. The third-order valence-corrected chi connectivity index (χ3v) is 10.4. The zero-order valence-corrected chi connectivity index (χ0v) is 25.9. The molecule has 5 nitrogen and oxygen atoms in total. The fourth-order valence-corrected chi connectivity index (χ4v) is 8.29. The summed E-state index contributed by atoms with van der Waals surface area (Å²) in [6.07, 6.45) is 0. The lowest BCUT2D eigenvalue weighted by atomic mass is 9.82. The Hall–Kier alpha value is -6.07. The van der Waals surface area contributed by atoms with Gasteiger partial charge in [-0.05, 0) is 89.0 Å². The van der Waals surface area contributed by atoms with Gasteiger partial charge in [-0.3, -0.25) is 4.40 Å². The van der Waals surface area contributed by atoms with E-state index in [-0.39, 0.29) is 5.41 Å². The van der Waals surface area contributed by atoms with Crippen molar-refractivity contribution >= 4 is 60.8 Å². The Balaban J connectivity index is 1.27. The topological polar surface area (TPSA) is 40.3 Å². The lowest BCUT2D eigenvalue weighted by Crippen LogP contribution is -2.14. The third-order valence-electron chi connectivity index (χ3n) is 10.4. The molecule has 1 aliphatic rings. The molecule has 1 aliphatic carbocycles. The van der Waals surface area contributed by atoms with Crippen molar-refractivity contribution in [2.75, 3.05) is 0 Å². The molecule has 0 fully saturated rings. The minimum Gasteiger partial charge on any atom is -0.437 e. The molecule has 0 atom stereocenters. The average molecular weight is 605 g/mol. The summed E-state index contributed by atoms with van der Waals surface area (Å²) in [6.45, 7) is 4.70. The molecule has 6 aromatic carbocycles. The first-order valence-corrected chi connectivity index (χ1v) is 16.2. The first-order valence-electron chi connectivity index (χ1n) is 16.2. The number of imidazole rings is 2. The molecule has 4 aromatic heterocycles. The number of hydrogen-bond donors (Lipinski definition) is 0. The van der Waals surface area contributed by atoms with Gasteiger partial charge in [0, 0.05) is 27.3 Å². The highest BCUT2D eigenvalue weighted by molar-refractivity contribution is 6.13. The van der Waals surface area contributed by atoms with Crippen LogP contribution in [0.15, 0.2) is 138 Å². The van der Waals surface area contributed by atoms with Crippen molar-refractivity contribution < 1.29 is 4.42 Å². The maximum Gasteiger partial charge on any atom is 0.232 e. The summed E-state index contributed by atoms with van der Waals surface area (Å²) in [7, 11) is 0. The van der Waals surface area contributed by atoms with Gasteiger partial charge in [-0.15, -0.1) is 0 Å². The molecular weight excluding hydrogens is 576 g/mol. The maximum atomic E-state index is 6.62. The van der Waals surface area contributed by atoms with Crippen molar-refractivity contribution in [2.45, 2.75) is 19.3 Å². The van der Waals surface area contributed by atoms with Crippen LogP contribution in [-0.4, -0.2) is 18.5 Å². The molecule has 0 spiro atoms. The second-order valence-corrected chi connectivity index (χ2v) is 13.3. The van der Waals surface area contributed by atoms with Crippen LogP contribution in [0.1, 0.15) is 25.0 Å². The first kappa shape index (κ1) is 25.2. The Morgan fingerprint density at radius 1 is 0.553 bits per heavy atom. The normalized spacial score (nSPS) is 13.9. The second kappa shape index (κ2) is 8.59. The summed E-state index contributed by atoms with van der Waals surface area (Å²) in [5.74, 6) is 0.841. The number of nitrogens with zero attached hydrogens (tertiary/aromatic N) is 4. The molecule has 0 saturated carbocycles. The summed E-state index contributed by atoms with van der Waals surface area (Å²) >= 11 is 0. The number of furan rings is 1. The van der Waals surface area contributed by atoms with Gasteiger partial charge in [-0.2, -0.15) is 0 Å². The van der Waals surface area contributed by atoms with Gasteiger partial charge in [0.15, 0.2) is 0 Å². The van der Waals surface area contributed by atoms with Crippen molar-refractivity contribution in [3.05, 3.63) is 145 Å². The average Bonchev–Trinajstić information content (AvgIpc) is 3.87. The van der Waals surface area contributed by atoms with Crippen molar-refractivity contribution in [2.24, 2.45) is 0 Å². The SMILES string of the molecule is CC1(C)c2ccccc2-c2cc3c4cc(-n5c6oc7ccccc7c6n6c7ccccc7nc56)ccc4n(-c4ccccc4)c3cc21. The van der Waals surface area contributed by atoms with E-state index in [4.69, 9.17) is 9.40 Å². The number of rotatable bonds is 2. The number of benzene rings is 6. The van der Waals surface area contributed by atoms with Crippen LogP contribution in [0.3, 0.4) is 0 Å². The molecule has 5 heteroatoms. The molecule has 47 heavy (non-hydrogen) atoms. The molecule has 0 bridgehead atoms. The first-order chi connectivity index (χ1) is 23.1.